The third-order valence-corrected chi connectivity index (χ3v) is 596. The Labute approximate surface area is 374 Å². The third-order valence-electron chi connectivity index (χ3n) is 23.7. The third kappa shape index (κ3) is 6.24. The Kier molecular flexibility index (Phi) is 14.5. The van der Waals surface area contributed by atoms with Crippen LogP contribution in [0.4, 0.5) is 0 Å². The molecule has 2 saturated heterocycles. The molecule has 2 rings (SSSR count). The van der Waals surface area contributed by atoms with Crippen molar-refractivity contribution in [2.24, 2.45) is 0 Å². The zero-order valence-electron chi connectivity index (χ0n) is 46.0. The zero-order chi connectivity index (χ0) is 46.2. The van der Waals surface area contributed by atoms with E-state index in [1.807, 2.05) is 0 Å². The average Bonchev–Trinajstić information content (AvgIpc) is 2.88. The van der Waals surface area contributed by atoms with Crippen LogP contribution in [0.15, 0.2) is 0 Å². The van der Waals surface area contributed by atoms with Crippen LogP contribution in [-0.2, 0) is 0 Å². The summed E-state index contributed by atoms with van der Waals surface area (Å²) in [6, 6.07) is 0. The van der Waals surface area contributed by atoms with Gasteiger partial charge in [-0.1, -0.05) is 236 Å². The molecule has 0 unspecified atom stereocenters. The van der Waals surface area contributed by atoms with E-state index in [1.54, 1.807) is 0 Å². The van der Waals surface area contributed by atoms with Crippen LogP contribution < -0.4 is 0 Å². The summed E-state index contributed by atoms with van der Waals surface area (Å²) in [4.78, 5) is 0. The molecule has 0 spiro atoms. The van der Waals surface area contributed by atoms with Gasteiger partial charge in [0.1, 0.15) is 0 Å². The van der Waals surface area contributed by atoms with Gasteiger partial charge in [-0.3, -0.25) is 0 Å². The Hall–Kier alpha value is 4.34. The molecule has 0 aliphatic carbocycles. The predicted molar refractivity (Wildman–Crippen MR) is 326 cm³/mol. The molecular formula is C36H108Si20. The van der Waals surface area contributed by atoms with Crippen molar-refractivity contribution in [2.45, 2.75) is 236 Å². The lowest BCUT2D eigenvalue weighted by atomic mass is 11.8. The van der Waals surface area contributed by atoms with E-state index in [4.69, 9.17) is 0 Å². The molecule has 0 nitrogen and oxygen atoms in total. The van der Waals surface area contributed by atoms with Crippen molar-refractivity contribution in [1.82, 2.24) is 0 Å². The molecule has 0 saturated carbocycles. The summed E-state index contributed by atoms with van der Waals surface area (Å²) in [5, 5.41) is 0. The Morgan fingerprint density at radius 3 is 0.446 bits per heavy atom. The molecule has 2 fully saturated rings. The standard InChI is InChI=1S/C36H108Si20/c1-39(2,3)55(40(4,5)6,37-43(13,14)47(21,22)51(29,30)48(23,24)44(37,15)16)53(33,34)54(35,36)56(41(7,8)9,42(10,11)12)38-45(17,18)49(25,26)52(31,32)50(27,28)46(38,19)20/h1-36H3. The summed E-state index contributed by atoms with van der Waals surface area (Å²) in [6.07, 6.45) is -3.48. The maximum atomic E-state index is 3.43. The first-order chi connectivity index (χ1) is 23.5. The highest BCUT2D eigenvalue weighted by Gasteiger charge is 2.87. The van der Waals surface area contributed by atoms with E-state index in [9.17, 15) is 0 Å². The average molecular weight is 1100 g/mol. The first-order valence-corrected chi connectivity index (χ1v) is 101. The van der Waals surface area contributed by atoms with Crippen LogP contribution in [0.1, 0.15) is 0 Å². The van der Waals surface area contributed by atoms with Gasteiger partial charge in [-0.15, -0.1) is 0 Å². The molecule has 332 valence electrons. The summed E-state index contributed by atoms with van der Waals surface area (Å²) in [5.41, 5.74) is 0. The lowest BCUT2D eigenvalue weighted by Crippen LogP contribution is -3.13. The summed E-state index contributed by atoms with van der Waals surface area (Å²) < 4.78 is 0. The normalized spacial score (nSPS) is 27.9. The Bertz CT molecular complexity index is 1320. The summed E-state index contributed by atoms with van der Waals surface area (Å²) >= 11 is 0. The van der Waals surface area contributed by atoms with Crippen molar-refractivity contribution in [3.8, 4) is 0 Å². The summed E-state index contributed by atoms with van der Waals surface area (Å²) in [6.45, 7) is 115. The molecule has 2 aliphatic rings. The van der Waals surface area contributed by atoms with Gasteiger partial charge in [-0.05, 0) is 0 Å². The van der Waals surface area contributed by atoms with Gasteiger partial charge >= 0.3 is 0 Å². The fourth-order valence-corrected chi connectivity index (χ4v) is 1190. The van der Waals surface area contributed by atoms with E-state index in [2.05, 4.69) is 236 Å². The minimum Gasteiger partial charge on any atom is -0.0739 e. The van der Waals surface area contributed by atoms with Crippen LogP contribution in [0.5, 0.6) is 0 Å². The van der Waals surface area contributed by atoms with Gasteiger partial charge in [-0.2, -0.15) is 0 Å². The highest BCUT2D eigenvalue weighted by Crippen LogP contribution is 2.60. The fraction of sp³-hybridized carbons (Fsp3) is 1.00. The quantitative estimate of drug-likeness (QED) is 0.202. The minimum atomic E-state index is -1.79. The number of hydrogen-bond acceptors (Lipinski definition) is 0. The summed E-state index contributed by atoms with van der Waals surface area (Å²) in [5.74, 6) is 0. The zero-order valence-corrected chi connectivity index (χ0v) is 66.0. The van der Waals surface area contributed by atoms with Crippen molar-refractivity contribution in [3.63, 3.8) is 0 Å². The van der Waals surface area contributed by atoms with Gasteiger partial charge in [0.2, 0.25) is 0 Å². The molecule has 0 aromatic rings. The molecule has 2 aliphatic heterocycles. The van der Waals surface area contributed by atoms with Gasteiger partial charge in [0.15, 0.2) is 0 Å². The Morgan fingerprint density at radius 1 is 0.214 bits per heavy atom. The fourth-order valence-electron chi connectivity index (χ4n) is 18.4. The largest absolute Gasteiger partial charge is 0.0739 e. The number of rotatable bonds is 9. The molecule has 2 heterocycles. The SMILES string of the molecule is C[Si](C)(C)[Si]([Si]1[Si](C)(C)[Si](C)(C)[Si](C)(C)[Si](C)(C)[Si]1(C)C)([Si](C)(C)C)[Si](C)(C)[Si](C)(C)[Si]([Si]1[Si](C)(C)[Si](C)(C)[Si](C)(C)[Si](C)(C)[Si]1(C)C)([Si](C)(C)C)[Si](C)(C)C. The maximum absolute atomic E-state index is 3.43. The van der Waals surface area contributed by atoms with Crippen LogP contribution in [-0.4, -0.2) is 143 Å². The molecule has 56 heavy (non-hydrogen) atoms. The van der Waals surface area contributed by atoms with Crippen LogP contribution in [0, 0.1) is 0 Å². The first-order valence-electron chi connectivity index (χ1n) is 23.2. The molecule has 0 amide bonds. The molecule has 0 bridgehead atoms. The van der Waals surface area contributed by atoms with Gasteiger partial charge in [0.05, 0.1) is 0 Å². The topological polar surface area (TPSA) is 0 Å². The number of hydrogen-bond donors (Lipinski definition) is 0. The van der Waals surface area contributed by atoms with E-state index in [0.29, 0.717) is 0 Å². The predicted octanol–water partition coefficient (Wildman–Crippen LogP) is 13.4. The molecule has 0 aromatic heterocycles. The molecule has 0 N–H and O–H groups in total. The first kappa shape index (κ1) is 56.5. The van der Waals surface area contributed by atoms with Gasteiger partial charge < -0.3 is 0 Å². The second-order valence-electron chi connectivity index (χ2n) is 30.8. The van der Waals surface area contributed by atoms with Crippen LogP contribution in [0.3, 0.4) is 0 Å². The monoisotopic (exact) mass is 1100 g/mol. The minimum absolute atomic E-state index is 0.429. The van der Waals surface area contributed by atoms with Crippen LogP contribution >= 0.6 is 0 Å². The smallest absolute Gasteiger partial charge is 0.0307 e. The second-order valence-corrected chi connectivity index (χ2v) is 272. The van der Waals surface area contributed by atoms with Crippen LogP contribution in [0.25, 0.3) is 0 Å². The van der Waals surface area contributed by atoms with Gasteiger partial charge in [-0.25, -0.2) is 0 Å². The summed E-state index contributed by atoms with van der Waals surface area (Å²) in [7, 11) is -24.9. The van der Waals surface area contributed by atoms with Gasteiger partial charge in [0.25, 0.3) is 0 Å². The van der Waals surface area contributed by atoms with Crippen molar-refractivity contribution in [2.75, 3.05) is 0 Å². The van der Waals surface area contributed by atoms with Crippen LogP contribution in [0.2, 0.25) is 236 Å². The van der Waals surface area contributed by atoms with E-state index < -0.39 is 143 Å². The highest BCUT2D eigenvalue weighted by molar-refractivity contribution is 8.37. The van der Waals surface area contributed by atoms with E-state index in [1.165, 1.54) is 0 Å². The van der Waals surface area contributed by atoms with E-state index in [-0.39, 0.29) is 0 Å². The van der Waals surface area contributed by atoms with Gasteiger partial charge in [0, 0.05) is 143 Å². The Morgan fingerprint density at radius 2 is 0.339 bits per heavy atom. The molecule has 20 heteroatoms. The molecule has 0 aromatic carbocycles. The second kappa shape index (κ2) is 14.4. The lowest BCUT2D eigenvalue weighted by molar-refractivity contribution is 1.74. The van der Waals surface area contributed by atoms with Crippen molar-refractivity contribution >= 4 is 143 Å². The molecule has 0 atom stereocenters. The highest BCUT2D eigenvalue weighted by atomic mass is 30.5. The maximum Gasteiger partial charge on any atom is 0.0307 e. The molecule has 2 radical (unpaired) electrons. The Balaban J connectivity index is 3.71. The van der Waals surface area contributed by atoms with E-state index >= 15 is 0 Å². The molecular weight excluding hydrogens is 994 g/mol. The van der Waals surface area contributed by atoms with Crippen molar-refractivity contribution in [3.05, 3.63) is 0 Å². The van der Waals surface area contributed by atoms with E-state index in [0.717, 1.165) is 0 Å². The lowest BCUT2D eigenvalue weighted by Gasteiger charge is -2.81. The van der Waals surface area contributed by atoms with Crippen molar-refractivity contribution < 1.29 is 0 Å². The van der Waals surface area contributed by atoms with Crippen molar-refractivity contribution in [1.29, 1.82) is 0 Å².